The van der Waals surface area contributed by atoms with Crippen LogP contribution in [-0.2, 0) is 9.53 Å². The van der Waals surface area contributed by atoms with Crippen molar-refractivity contribution in [1.82, 2.24) is 20.5 Å². The lowest BCUT2D eigenvalue weighted by molar-refractivity contribution is -0.143. The molecule has 0 aromatic carbocycles. The molecule has 0 radical (unpaired) electrons. The van der Waals surface area contributed by atoms with Crippen LogP contribution in [0, 0.1) is 0 Å². The van der Waals surface area contributed by atoms with Gasteiger partial charge >= 0.3 is 5.97 Å². The number of H-pyrrole nitrogens is 1. The molecule has 1 aromatic heterocycles. The molecule has 0 saturated carbocycles. The minimum atomic E-state index is -0.268. The lowest BCUT2D eigenvalue weighted by Gasteiger charge is -2.18. The number of esters is 1. The second kappa shape index (κ2) is 7.29. The van der Waals surface area contributed by atoms with Crippen LogP contribution >= 0.6 is 11.8 Å². The third-order valence-corrected chi connectivity index (χ3v) is 2.97. The highest BCUT2D eigenvalue weighted by Gasteiger charge is 2.19. The number of nitrogens with zero attached hydrogens (tertiary/aromatic N) is 2. The lowest BCUT2D eigenvalue weighted by atomic mass is 10.2. The van der Waals surface area contributed by atoms with E-state index in [1.54, 1.807) is 0 Å². The Morgan fingerprint density at radius 3 is 2.94 bits per heavy atom. The van der Waals surface area contributed by atoms with Crippen LogP contribution in [0.25, 0.3) is 0 Å². The molecule has 0 aliphatic rings. The van der Waals surface area contributed by atoms with Crippen molar-refractivity contribution in [1.29, 1.82) is 0 Å². The molecule has 0 bridgehead atoms. The Morgan fingerprint density at radius 1 is 1.65 bits per heavy atom. The number of carbonyl (C=O) groups excluding carboxylic acids is 1. The van der Waals surface area contributed by atoms with Crippen molar-refractivity contribution in [3.05, 3.63) is 6.33 Å². The predicted molar refractivity (Wildman–Crippen MR) is 65.8 cm³/mol. The SMILES string of the molecule is COC(=O)C(CCSc1ncn[nH]1)NC(C)C. The van der Waals surface area contributed by atoms with Gasteiger partial charge in [-0.3, -0.25) is 9.89 Å². The Labute approximate surface area is 105 Å². The maximum absolute atomic E-state index is 11.5. The maximum atomic E-state index is 11.5. The number of aromatic nitrogens is 3. The van der Waals surface area contributed by atoms with Gasteiger partial charge < -0.3 is 10.1 Å². The number of thioether (sulfide) groups is 1. The summed E-state index contributed by atoms with van der Waals surface area (Å²) in [6.07, 6.45) is 2.16. The van der Waals surface area contributed by atoms with Gasteiger partial charge in [0.05, 0.1) is 7.11 Å². The van der Waals surface area contributed by atoms with Crippen molar-refractivity contribution in [3.63, 3.8) is 0 Å². The van der Waals surface area contributed by atoms with Gasteiger partial charge in [0.15, 0.2) is 5.16 Å². The van der Waals surface area contributed by atoms with Gasteiger partial charge in [-0.2, -0.15) is 5.10 Å². The highest BCUT2D eigenvalue weighted by molar-refractivity contribution is 7.99. The summed E-state index contributed by atoms with van der Waals surface area (Å²) in [7, 11) is 1.40. The highest BCUT2D eigenvalue weighted by atomic mass is 32.2. The van der Waals surface area contributed by atoms with Gasteiger partial charge in [-0.25, -0.2) is 4.98 Å². The Morgan fingerprint density at radius 2 is 2.41 bits per heavy atom. The van der Waals surface area contributed by atoms with E-state index in [0.29, 0.717) is 6.42 Å². The summed E-state index contributed by atoms with van der Waals surface area (Å²) in [6, 6.07) is -0.0233. The Bertz CT molecular complexity index is 329. The first-order chi connectivity index (χ1) is 8.13. The summed E-state index contributed by atoms with van der Waals surface area (Å²) in [6.45, 7) is 4.00. The molecule has 0 amide bonds. The summed E-state index contributed by atoms with van der Waals surface area (Å²) < 4.78 is 4.75. The molecular weight excluding hydrogens is 240 g/mol. The third kappa shape index (κ3) is 5.18. The number of aromatic amines is 1. The molecular formula is C10H18N4O2S. The molecule has 2 N–H and O–H groups in total. The van der Waals surface area contributed by atoms with E-state index in [1.807, 2.05) is 13.8 Å². The van der Waals surface area contributed by atoms with Gasteiger partial charge in [-0.05, 0) is 6.42 Å². The second-order valence-electron chi connectivity index (χ2n) is 3.82. The molecule has 0 spiro atoms. The molecule has 1 rings (SSSR count). The van der Waals surface area contributed by atoms with Crippen LogP contribution in [0.3, 0.4) is 0 Å². The predicted octanol–water partition coefficient (Wildman–Crippen LogP) is 0.826. The zero-order valence-electron chi connectivity index (χ0n) is 10.3. The van der Waals surface area contributed by atoms with Gasteiger partial charge in [-0.15, -0.1) is 0 Å². The Kier molecular flexibility index (Phi) is 5.99. The van der Waals surface area contributed by atoms with E-state index in [-0.39, 0.29) is 18.1 Å². The van der Waals surface area contributed by atoms with Crippen molar-refractivity contribution < 1.29 is 9.53 Å². The van der Waals surface area contributed by atoms with E-state index >= 15 is 0 Å². The highest BCUT2D eigenvalue weighted by Crippen LogP contribution is 2.13. The normalized spacial score (nSPS) is 12.7. The molecule has 0 aliphatic heterocycles. The van der Waals surface area contributed by atoms with Crippen molar-refractivity contribution >= 4 is 17.7 Å². The van der Waals surface area contributed by atoms with E-state index in [1.165, 1.54) is 25.2 Å². The fraction of sp³-hybridized carbons (Fsp3) is 0.700. The second-order valence-corrected chi connectivity index (χ2v) is 4.91. The number of carbonyl (C=O) groups is 1. The van der Waals surface area contributed by atoms with Crippen LogP contribution < -0.4 is 5.32 Å². The Balaban J connectivity index is 2.35. The third-order valence-electron chi connectivity index (χ3n) is 2.06. The Hall–Kier alpha value is -1.08. The molecule has 1 aromatic rings. The van der Waals surface area contributed by atoms with Crippen LogP contribution in [0.1, 0.15) is 20.3 Å². The van der Waals surface area contributed by atoms with Crippen LogP contribution in [0.15, 0.2) is 11.5 Å². The standard InChI is InChI=1S/C10H18N4O2S/c1-7(2)13-8(9(15)16-3)4-5-17-10-11-6-12-14-10/h6-8,13H,4-5H2,1-3H3,(H,11,12,14). The lowest BCUT2D eigenvalue weighted by Crippen LogP contribution is -2.41. The first-order valence-electron chi connectivity index (χ1n) is 5.45. The molecule has 1 unspecified atom stereocenters. The first kappa shape index (κ1) is 14.0. The van der Waals surface area contributed by atoms with Crippen molar-refractivity contribution in [2.45, 2.75) is 37.5 Å². The summed E-state index contributed by atoms with van der Waals surface area (Å²) in [4.78, 5) is 15.5. The van der Waals surface area contributed by atoms with E-state index in [9.17, 15) is 4.79 Å². The summed E-state index contributed by atoms with van der Waals surface area (Å²) in [5.74, 6) is 0.547. The van der Waals surface area contributed by atoms with Crippen molar-refractivity contribution in [2.24, 2.45) is 0 Å². The summed E-state index contributed by atoms with van der Waals surface area (Å²) in [5, 5.41) is 10.5. The van der Waals surface area contributed by atoms with Gasteiger partial charge in [0.2, 0.25) is 0 Å². The minimum absolute atomic E-state index is 0.225. The number of hydrogen-bond acceptors (Lipinski definition) is 6. The zero-order chi connectivity index (χ0) is 12.7. The van der Waals surface area contributed by atoms with E-state index in [0.717, 1.165) is 10.9 Å². The molecule has 0 aliphatic carbocycles. The zero-order valence-corrected chi connectivity index (χ0v) is 11.1. The van der Waals surface area contributed by atoms with E-state index in [4.69, 9.17) is 4.74 Å². The maximum Gasteiger partial charge on any atom is 0.322 e. The molecule has 0 fully saturated rings. The van der Waals surface area contributed by atoms with Gasteiger partial charge in [-0.1, -0.05) is 25.6 Å². The molecule has 17 heavy (non-hydrogen) atoms. The number of methoxy groups -OCH3 is 1. The molecule has 7 heteroatoms. The topological polar surface area (TPSA) is 79.9 Å². The quantitative estimate of drug-likeness (QED) is 0.557. The van der Waals surface area contributed by atoms with Crippen LogP contribution in [0.2, 0.25) is 0 Å². The van der Waals surface area contributed by atoms with Crippen LogP contribution in [0.4, 0.5) is 0 Å². The molecule has 1 atom stereocenters. The van der Waals surface area contributed by atoms with E-state index < -0.39 is 0 Å². The average Bonchev–Trinajstić information content (AvgIpc) is 2.79. The summed E-state index contributed by atoms with van der Waals surface area (Å²) in [5.41, 5.74) is 0. The first-order valence-corrected chi connectivity index (χ1v) is 6.44. The van der Waals surface area contributed by atoms with Crippen molar-refractivity contribution in [3.8, 4) is 0 Å². The van der Waals surface area contributed by atoms with Gasteiger partial charge in [0.25, 0.3) is 0 Å². The van der Waals surface area contributed by atoms with Crippen molar-refractivity contribution in [2.75, 3.05) is 12.9 Å². The molecule has 6 nitrogen and oxygen atoms in total. The average molecular weight is 258 g/mol. The fourth-order valence-corrected chi connectivity index (χ4v) is 2.14. The molecule has 96 valence electrons. The fourth-order valence-electron chi connectivity index (χ4n) is 1.35. The number of rotatable bonds is 7. The monoisotopic (exact) mass is 258 g/mol. The van der Waals surface area contributed by atoms with Crippen LogP contribution in [0.5, 0.6) is 0 Å². The smallest absolute Gasteiger partial charge is 0.322 e. The molecule has 0 saturated heterocycles. The largest absolute Gasteiger partial charge is 0.468 e. The molecule has 1 heterocycles. The number of ether oxygens (including phenoxy) is 1. The minimum Gasteiger partial charge on any atom is -0.468 e. The van der Waals surface area contributed by atoms with Crippen LogP contribution in [-0.4, -0.2) is 46.1 Å². The van der Waals surface area contributed by atoms with Gasteiger partial charge in [0, 0.05) is 11.8 Å². The van der Waals surface area contributed by atoms with E-state index in [2.05, 4.69) is 20.5 Å². The summed E-state index contributed by atoms with van der Waals surface area (Å²) >= 11 is 1.53. The van der Waals surface area contributed by atoms with Gasteiger partial charge in [0.1, 0.15) is 12.4 Å². The number of hydrogen-bond donors (Lipinski definition) is 2. The number of nitrogens with one attached hydrogen (secondary N) is 2.